The smallest absolute Gasteiger partial charge is 0.410 e. The Hall–Kier alpha value is -3.86. The van der Waals surface area contributed by atoms with E-state index in [0.29, 0.717) is 25.6 Å². The molecule has 0 saturated carbocycles. The number of hydrogen-bond donors (Lipinski definition) is 0. The van der Waals surface area contributed by atoms with E-state index < -0.39 is 0 Å². The molecule has 1 aromatic heterocycles. The van der Waals surface area contributed by atoms with Crippen LogP contribution in [0, 0.1) is 13.8 Å². The summed E-state index contributed by atoms with van der Waals surface area (Å²) >= 11 is 0. The van der Waals surface area contributed by atoms with E-state index in [9.17, 15) is 4.79 Å². The summed E-state index contributed by atoms with van der Waals surface area (Å²) in [4.78, 5) is 14.4. The van der Waals surface area contributed by atoms with E-state index in [-0.39, 0.29) is 6.09 Å². The van der Waals surface area contributed by atoms with Crippen molar-refractivity contribution in [3.63, 3.8) is 0 Å². The third-order valence-corrected chi connectivity index (χ3v) is 6.73. The van der Waals surface area contributed by atoms with Crippen molar-refractivity contribution in [2.24, 2.45) is 0 Å². The minimum atomic E-state index is -0.238. The molecule has 0 N–H and O–H groups in total. The van der Waals surface area contributed by atoms with Gasteiger partial charge in [-0.1, -0.05) is 77.9 Å². The number of ether oxygens (including phenoxy) is 1. The molecule has 1 aliphatic heterocycles. The van der Waals surface area contributed by atoms with Gasteiger partial charge in [0, 0.05) is 24.6 Å². The molecule has 178 valence electrons. The Labute approximate surface area is 207 Å². The van der Waals surface area contributed by atoms with Crippen LogP contribution in [0.1, 0.15) is 41.1 Å². The molecular weight excluding hydrogens is 434 g/mol. The fourth-order valence-corrected chi connectivity index (χ4v) is 4.58. The summed E-state index contributed by atoms with van der Waals surface area (Å²) in [7, 11) is 0. The van der Waals surface area contributed by atoms with Gasteiger partial charge in [0.1, 0.15) is 6.61 Å². The van der Waals surface area contributed by atoms with Gasteiger partial charge in [0.2, 0.25) is 0 Å². The quantitative estimate of drug-likeness (QED) is 0.331. The third-order valence-electron chi connectivity index (χ3n) is 6.73. The van der Waals surface area contributed by atoms with E-state index in [1.54, 1.807) is 0 Å². The van der Waals surface area contributed by atoms with Crippen molar-refractivity contribution >= 4 is 6.09 Å². The van der Waals surface area contributed by atoms with Gasteiger partial charge in [0.05, 0.1) is 17.1 Å². The van der Waals surface area contributed by atoms with Crippen LogP contribution < -0.4 is 0 Å². The second-order valence-electron chi connectivity index (χ2n) is 9.37. The van der Waals surface area contributed by atoms with Crippen molar-refractivity contribution in [2.45, 2.75) is 39.2 Å². The molecule has 0 atom stereocenters. The zero-order valence-electron chi connectivity index (χ0n) is 20.4. The Balaban J connectivity index is 1.31. The van der Waals surface area contributed by atoms with Crippen LogP contribution in [0.2, 0.25) is 0 Å². The van der Waals surface area contributed by atoms with Crippen LogP contribution in [0.3, 0.4) is 0 Å². The predicted molar refractivity (Wildman–Crippen MR) is 139 cm³/mol. The van der Waals surface area contributed by atoms with Crippen molar-refractivity contribution in [3.8, 4) is 16.9 Å². The fourth-order valence-electron chi connectivity index (χ4n) is 4.58. The van der Waals surface area contributed by atoms with Crippen LogP contribution in [0.25, 0.3) is 16.9 Å². The van der Waals surface area contributed by atoms with E-state index in [1.165, 1.54) is 11.1 Å². The van der Waals surface area contributed by atoms with Crippen LogP contribution in [-0.4, -0.2) is 33.9 Å². The average molecular weight is 466 g/mol. The molecular formula is C30H31N3O2. The number of hydrogen-bond acceptors (Lipinski definition) is 3. The SMILES string of the molecule is Cc1ccc(-c2cc(C3CCN(C(=O)OCc4ccccc4)CC3)nn2-c2ccc(C)cc2)cc1. The van der Waals surface area contributed by atoms with E-state index in [2.05, 4.69) is 73.1 Å². The van der Waals surface area contributed by atoms with Gasteiger partial charge < -0.3 is 9.64 Å². The standard InChI is InChI=1S/C30H31N3O2/c1-22-8-12-26(13-9-22)29-20-28(31-33(29)27-14-10-23(2)11-15-27)25-16-18-32(19-17-25)30(34)35-21-24-6-4-3-5-7-24/h3-15,20,25H,16-19,21H2,1-2H3. The molecule has 35 heavy (non-hydrogen) atoms. The summed E-state index contributed by atoms with van der Waals surface area (Å²) in [6.45, 7) is 5.86. The molecule has 5 heteroatoms. The number of aromatic nitrogens is 2. The summed E-state index contributed by atoms with van der Waals surface area (Å²) in [6, 6.07) is 29.1. The number of amides is 1. The molecule has 0 spiro atoms. The lowest BCUT2D eigenvalue weighted by molar-refractivity contribution is 0.0868. The molecule has 0 aliphatic carbocycles. The van der Waals surface area contributed by atoms with Gasteiger partial charge in [-0.05, 0) is 50.5 Å². The molecule has 0 unspecified atom stereocenters. The van der Waals surface area contributed by atoms with Gasteiger partial charge in [-0.2, -0.15) is 5.10 Å². The van der Waals surface area contributed by atoms with E-state index in [4.69, 9.17) is 9.84 Å². The van der Waals surface area contributed by atoms with Crippen molar-refractivity contribution in [1.29, 1.82) is 0 Å². The molecule has 5 nitrogen and oxygen atoms in total. The predicted octanol–water partition coefficient (Wildman–Crippen LogP) is 6.67. The highest BCUT2D eigenvalue weighted by molar-refractivity contribution is 5.68. The molecule has 1 saturated heterocycles. The normalized spacial score (nSPS) is 14.2. The van der Waals surface area contributed by atoms with Gasteiger partial charge in [0.25, 0.3) is 0 Å². The molecule has 3 aromatic carbocycles. The number of likely N-dealkylation sites (tertiary alicyclic amines) is 1. The van der Waals surface area contributed by atoms with Crippen LogP contribution in [0.4, 0.5) is 4.79 Å². The maximum Gasteiger partial charge on any atom is 0.410 e. The molecule has 1 fully saturated rings. The Morgan fingerprint density at radius 2 is 1.51 bits per heavy atom. The van der Waals surface area contributed by atoms with E-state index in [1.807, 2.05) is 35.2 Å². The first-order chi connectivity index (χ1) is 17.1. The zero-order chi connectivity index (χ0) is 24.2. The van der Waals surface area contributed by atoms with Crippen molar-refractivity contribution in [3.05, 3.63) is 107 Å². The summed E-state index contributed by atoms with van der Waals surface area (Å²) in [6.07, 6.45) is 1.51. The number of benzene rings is 3. The molecule has 5 rings (SSSR count). The maximum absolute atomic E-state index is 12.6. The third kappa shape index (κ3) is 5.29. The number of carbonyl (C=O) groups is 1. The Kier molecular flexibility index (Phi) is 6.66. The number of piperidine rings is 1. The first-order valence-electron chi connectivity index (χ1n) is 12.3. The highest BCUT2D eigenvalue weighted by atomic mass is 16.6. The highest BCUT2D eigenvalue weighted by Crippen LogP contribution is 2.32. The van der Waals surface area contributed by atoms with E-state index >= 15 is 0 Å². The van der Waals surface area contributed by atoms with Gasteiger partial charge >= 0.3 is 6.09 Å². The summed E-state index contributed by atoms with van der Waals surface area (Å²) < 4.78 is 7.59. The van der Waals surface area contributed by atoms with Crippen LogP contribution in [-0.2, 0) is 11.3 Å². The monoisotopic (exact) mass is 465 g/mol. The van der Waals surface area contributed by atoms with Crippen molar-refractivity contribution in [2.75, 3.05) is 13.1 Å². The Morgan fingerprint density at radius 3 is 2.17 bits per heavy atom. The lowest BCUT2D eigenvalue weighted by Gasteiger charge is -2.30. The zero-order valence-corrected chi connectivity index (χ0v) is 20.4. The molecule has 4 aromatic rings. The number of nitrogens with zero attached hydrogens (tertiary/aromatic N) is 3. The number of carbonyl (C=O) groups excluding carboxylic acids is 1. The number of rotatable bonds is 5. The average Bonchev–Trinajstić information content (AvgIpc) is 3.34. The molecule has 1 aliphatic rings. The lowest BCUT2D eigenvalue weighted by atomic mass is 9.93. The summed E-state index contributed by atoms with van der Waals surface area (Å²) in [5.41, 5.74) is 7.84. The topological polar surface area (TPSA) is 47.4 Å². The highest BCUT2D eigenvalue weighted by Gasteiger charge is 2.27. The first kappa shape index (κ1) is 22.9. The van der Waals surface area contributed by atoms with Crippen LogP contribution in [0.5, 0.6) is 0 Å². The van der Waals surface area contributed by atoms with Crippen molar-refractivity contribution < 1.29 is 9.53 Å². The van der Waals surface area contributed by atoms with E-state index in [0.717, 1.165) is 41.0 Å². The van der Waals surface area contributed by atoms with Gasteiger partial charge in [-0.15, -0.1) is 0 Å². The second kappa shape index (κ2) is 10.2. The van der Waals surface area contributed by atoms with Gasteiger partial charge in [-0.25, -0.2) is 9.48 Å². The Morgan fingerprint density at radius 1 is 0.886 bits per heavy atom. The second-order valence-corrected chi connectivity index (χ2v) is 9.37. The summed E-state index contributed by atoms with van der Waals surface area (Å²) in [5, 5.41) is 5.06. The first-order valence-corrected chi connectivity index (χ1v) is 12.3. The molecule has 1 amide bonds. The summed E-state index contributed by atoms with van der Waals surface area (Å²) in [5.74, 6) is 0.309. The maximum atomic E-state index is 12.6. The largest absolute Gasteiger partial charge is 0.445 e. The molecule has 0 radical (unpaired) electrons. The molecule has 0 bridgehead atoms. The fraction of sp³-hybridized carbons (Fsp3) is 0.267. The van der Waals surface area contributed by atoms with Gasteiger partial charge in [-0.3, -0.25) is 0 Å². The van der Waals surface area contributed by atoms with Gasteiger partial charge in [0.15, 0.2) is 0 Å². The minimum Gasteiger partial charge on any atom is -0.445 e. The van der Waals surface area contributed by atoms with Crippen LogP contribution in [0.15, 0.2) is 84.9 Å². The molecule has 2 heterocycles. The lowest BCUT2D eigenvalue weighted by Crippen LogP contribution is -2.38. The number of aryl methyl sites for hydroxylation is 2. The minimum absolute atomic E-state index is 0.238. The van der Waals surface area contributed by atoms with Crippen LogP contribution >= 0.6 is 0 Å². The van der Waals surface area contributed by atoms with Crippen molar-refractivity contribution in [1.82, 2.24) is 14.7 Å². The Bertz CT molecular complexity index is 1210.